The number of nitrogens with one attached hydrogen (secondary N) is 3. The fourth-order valence-electron chi connectivity index (χ4n) is 2.90. The number of fused-ring (bicyclic) bond motifs is 1. The van der Waals surface area contributed by atoms with Gasteiger partial charge in [0.2, 0.25) is 0 Å². The third-order valence-electron chi connectivity index (χ3n) is 3.97. The number of hydrogen-bond acceptors (Lipinski definition) is 4. The number of rotatable bonds is 5. The predicted octanol–water partition coefficient (Wildman–Crippen LogP) is 3.60. The van der Waals surface area contributed by atoms with Crippen LogP contribution >= 0.6 is 12.2 Å². The minimum absolute atomic E-state index is 0.134. The van der Waals surface area contributed by atoms with Crippen molar-refractivity contribution in [1.29, 1.82) is 0 Å². The highest BCUT2D eigenvalue weighted by Gasteiger charge is 2.20. The van der Waals surface area contributed by atoms with Gasteiger partial charge in [0.05, 0.1) is 12.6 Å². The standard InChI is InChI=1S/C21H29N3O3S/c1-6-8-15(13-14(2)22-20(25)27-21(3,4)5)23-19(28)24-17-9-7-10-18-16(17)11-12-26-18/h7,9-10,14-15H,11-13H2,1-5H3,(H,22,25)(H2,23,24,28)/t14-,15?/m1/s1. The first-order valence-electron chi connectivity index (χ1n) is 9.42. The van der Waals surface area contributed by atoms with E-state index in [1.54, 1.807) is 6.92 Å². The first kappa shape index (κ1) is 21.8. The number of ether oxygens (including phenoxy) is 2. The van der Waals surface area contributed by atoms with Crippen LogP contribution in [0.15, 0.2) is 18.2 Å². The van der Waals surface area contributed by atoms with Gasteiger partial charge in [-0.15, -0.1) is 5.92 Å². The molecule has 1 unspecified atom stereocenters. The van der Waals surface area contributed by atoms with E-state index in [1.807, 2.05) is 45.9 Å². The molecule has 2 rings (SSSR count). The van der Waals surface area contributed by atoms with Crippen LogP contribution in [0.25, 0.3) is 0 Å². The number of carbonyl (C=O) groups excluding carboxylic acids is 1. The van der Waals surface area contributed by atoms with Gasteiger partial charge in [0.15, 0.2) is 5.11 Å². The van der Waals surface area contributed by atoms with Crippen LogP contribution in [0.4, 0.5) is 10.5 Å². The molecule has 6 nitrogen and oxygen atoms in total. The summed E-state index contributed by atoms with van der Waals surface area (Å²) in [4.78, 5) is 11.9. The summed E-state index contributed by atoms with van der Waals surface area (Å²) in [7, 11) is 0. The molecular weight excluding hydrogens is 374 g/mol. The Hall–Kier alpha value is -2.46. The second kappa shape index (κ2) is 9.65. The molecule has 2 atom stereocenters. The fraction of sp³-hybridized carbons (Fsp3) is 0.524. The van der Waals surface area contributed by atoms with Crippen molar-refractivity contribution in [2.24, 2.45) is 0 Å². The van der Waals surface area contributed by atoms with Crippen LogP contribution in [-0.2, 0) is 11.2 Å². The van der Waals surface area contributed by atoms with Gasteiger partial charge in [-0.1, -0.05) is 12.0 Å². The summed E-state index contributed by atoms with van der Waals surface area (Å²) in [5.74, 6) is 6.91. The molecule has 1 amide bonds. The molecule has 0 aromatic heterocycles. The Balaban J connectivity index is 1.91. The number of hydrogen-bond donors (Lipinski definition) is 3. The van der Waals surface area contributed by atoms with E-state index in [0.29, 0.717) is 18.1 Å². The summed E-state index contributed by atoms with van der Waals surface area (Å²) in [6.45, 7) is 9.87. The lowest BCUT2D eigenvalue weighted by atomic mass is 10.1. The monoisotopic (exact) mass is 403 g/mol. The molecular formula is C21H29N3O3S. The van der Waals surface area contributed by atoms with Crippen LogP contribution in [0.5, 0.6) is 5.75 Å². The summed E-state index contributed by atoms with van der Waals surface area (Å²) >= 11 is 5.47. The highest BCUT2D eigenvalue weighted by molar-refractivity contribution is 7.80. The number of carbonyl (C=O) groups is 1. The molecule has 0 aliphatic carbocycles. The lowest BCUT2D eigenvalue weighted by molar-refractivity contribution is 0.0505. The highest BCUT2D eigenvalue weighted by atomic mass is 32.1. The van der Waals surface area contributed by atoms with E-state index in [2.05, 4.69) is 27.8 Å². The number of benzene rings is 1. The first-order valence-corrected chi connectivity index (χ1v) is 9.82. The largest absolute Gasteiger partial charge is 0.493 e. The molecule has 152 valence electrons. The Bertz CT molecular complexity index is 777. The van der Waals surface area contributed by atoms with Gasteiger partial charge in [-0.2, -0.15) is 0 Å². The average molecular weight is 404 g/mol. The summed E-state index contributed by atoms with van der Waals surface area (Å²) in [5.41, 5.74) is 1.54. The second-order valence-electron chi connectivity index (χ2n) is 7.71. The molecule has 0 saturated carbocycles. The Labute approximate surface area is 172 Å². The Morgan fingerprint density at radius 2 is 2.11 bits per heavy atom. The highest BCUT2D eigenvalue weighted by Crippen LogP contribution is 2.31. The van der Waals surface area contributed by atoms with E-state index in [9.17, 15) is 4.79 Å². The third-order valence-corrected chi connectivity index (χ3v) is 4.19. The molecule has 0 saturated heterocycles. The molecule has 1 aromatic rings. The lowest BCUT2D eigenvalue weighted by Gasteiger charge is -2.24. The molecule has 7 heteroatoms. The van der Waals surface area contributed by atoms with Crippen molar-refractivity contribution in [2.75, 3.05) is 11.9 Å². The van der Waals surface area contributed by atoms with Crippen LogP contribution in [0.3, 0.4) is 0 Å². The van der Waals surface area contributed by atoms with Gasteiger partial charge in [-0.3, -0.25) is 0 Å². The molecule has 3 N–H and O–H groups in total. The second-order valence-corrected chi connectivity index (χ2v) is 8.12. The van der Waals surface area contributed by atoms with E-state index in [1.165, 1.54) is 0 Å². The number of anilines is 1. The van der Waals surface area contributed by atoms with E-state index in [4.69, 9.17) is 21.7 Å². The summed E-state index contributed by atoms with van der Waals surface area (Å²) in [5, 5.41) is 9.78. The molecule has 0 fully saturated rings. The summed E-state index contributed by atoms with van der Waals surface area (Å²) in [6, 6.07) is 5.53. The maximum Gasteiger partial charge on any atom is 0.407 e. The van der Waals surface area contributed by atoms with E-state index in [0.717, 1.165) is 23.4 Å². The van der Waals surface area contributed by atoms with Crippen LogP contribution in [0.2, 0.25) is 0 Å². The molecule has 1 aromatic carbocycles. The maximum absolute atomic E-state index is 11.9. The van der Waals surface area contributed by atoms with E-state index < -0.39 is 11.7 Å². The van der Waals surface area contributed by atoms with Crippen molar-refractivity contribution in [3.8, 4) is 17.6 Å². The molecule has 1 aliphatic heterocycles. The SMILES string of the molecule is CC#CC(C[C@@H](C)NC(=O)OC(C)(C)C)NC(=S)Nc1cccc2c1CCO2. The maximum atomic E-state index is 11.9. The van der Waals surface area contributed by atoms with Crippen LogP contribution < -0.4 is 20.7 Å². The third kappa shape index (κ3) is 6.93. The van der Waals surface area contributed by atoms with Gasteiger partial charge >= 0.3 is 6.09 Å². The van der Waals surface area contributed by atoms with Gasteiger partial charge in [-0.25, -0.2) is 4.79 Å². The lowest BCUT2D eigenvalue weighted by Crippen LogP contribution is -2.44. The topological polar surface area (TPSA) is 71.6 Å². The normalized spacial score (nSPS) is 14.5. The van der Waals surface area contributed by atoms with Crippen molar-refractivity contribution in [1.82, 2.24) is 10.6 Å². The van der Waals surface area contributed by atoms with Crippen molar-refractivity contribution in [3.63, 3.8) is 0 Å². The smallest absolute Gasteiger partial charge is 0.407 e. The van der Waals surface area contributed by atoms with Gasteiger partial charge in [0, 0.05) is 23.7 Å². The molecule has 0 radical (unpaired) electrons. The van der Waals surface area contributed by atoms with Gasteiger partial charge < -0.3 is 25.4 Å². The van der Waals surface area contributed by atoms with Gasteiger partial charge in [-0.05, 0) is 65.4 Å². The minimum Gasteiger partial charge on any atom is -0.493 e. The summed E-state index contributed by atoms with van der Waals surface area (Å²) in [6.07, 6.45) is 0.998. The zero-order valence-electron chi connectivity index (χ0n) is 17.1. The van der Waals surface area contributed by atoms with Crippen molar-refractivity contribution >= 4 is 29.1 Å². The zero-order chi connectivity index (χ0) is 20.7. The number of amides is 1. The number of thiocarbonyl (C=S) groups is 1. The Morgan fingerprint density at radius 1 is 1.36 bits per heavy atom. The van der Waals surface area contributed by atoms with Crippen LogP contribution in [-0.4, -0.2) is 35.5 Å². The average Bonchev–Trinajstić information content (AvgIpc) is 3.02. The number of alkyl carbamates (subject to hydrolysis) is 1. The molecule has 28 heavy (non-hydrogen) atoms. The van der Waals surface area contributed by atoms with Gasteiger partial charge in [0.1, 0.15) is 11.4 Å². The summed E-state index contributed by atoms with van der Waals surface area (Å²) < 4.78 is 10.9. The zero-order valence-corrected chi connectivity index (χ0v) is 18.0. The minimum atomic E-state index is -0.532. The quantitative estimate of drug-likeness (QED) is 0.515. The first-order chi connectivity index (χ1) is 13.2. The Morgan fingerprint density at radius 3 is 2.79 bits per heavy atom. The van der Waals surface area contributed by atoms with Crippen LogP contribution in [0.1, 0.15) is 46.6 Å². The van der Waals surface area contributed by atoms with E-state index >= 15 is 0 Å². The molecule has 1 heterocycles. The molecule has 1 aliphatic rings. The molecule has 0 spiro atoms. The van der Waals surface area contributed by atoms with Crippen molar-refractivity contribution < 1.29 is 14.3 Å². The van der Waals surface area contributed by atoms with Crippen molar-refractivity contribution in [3.05, 3.63) is 23.8 Å². The Kier molecular flexibility index (Phi) is 7.53. The van der Waals surface area contributed by atoms with Crippen LogP contribution in [0, 0.1) is 11.8 Å². The predicted molar refractivity (Wildman–Crippen MR) is 116 cm³/mol. The fourth-order valence-corrected chi connectivity index (χ4v) is 3.16. The van der Waals surface area contributed by atoms with Crippen molar-refractivity contribution in [2.45, 2.75) is 65.1 Å². The van der Waals surface area contributed by atoms with Gasteiger partial charge in [0.25, 0.3) is 0 Å². The molecule has 0 bridgehead atoms. The van der Waals surface area contributed by atoms with E-state index in [-0.39, 0.29) is 12.1 Å².